The third-order valence-corrected chi connectivity index (χ3v) is 5.08. The average Bonchev–Trinajstić information content (AvgIpc) is 2.90. The van der Waals surface area contributed by atoms with Gasteiger partial charge in [0.05, 0.1) is 0 Å². The van der Waals surface area contributed by atoms with Crippen LogP contribution >= 0.6 is 11.6 Å². The molecule has 25 heavy (non-hydrogen) atoms. The van der Waals surface area contributed by atoms with Crippen LogP contribution in [0.4, 0.5) is 4.79 Å². The van der Waals surface area contributed by atoms with Crippen LogP contribution in [0.1, 0.15) is 12.8 Å². The maximum absolute atomic E-state index is 12.7. The zero-order chi connectivity index (χ0) is 18.0. The molecule has 0 N–H and O–H groups in total. The van der Waals surface area contributed by atoms with E-state index in [1.165, 1.54) is 0 Å². The van der Waals surface area contributed by atoms with E-state index in [0.29, 0.717) is 36.3 Å². The standard InChI is InChI=1S/C18H24ClN3O3/c1-20(2)18(24)21-9-13-6-7-15(11-21)22(10-13)17(23)12-25-16-5-3-4-14(19)8-16/h3-5,8,13,15H,6-7,9-12H2,1-2H3/t13-,15+/m1/s1. The number of amides is 3. The van der Waals surface area contributed by atoms with E-state index < -0.39 is 0 Å². The minimum absolute atomic E-state index is 0.00874. The Labute approximate surface area is 153 Å². The van der Waals surface area contributed by atoms with Crippen molar-refractivity contribution in [1.82, 2.24) is 14.7 Å². The van der Waals surface area contributed by atoms with Crippen molar-refractivity contribution in [2.24, 2.45) is 5.92 Å². The molecule has 0 saturated carbocycles. The molecule has 3 saturated heterocycles. The normalized spacial score (nSPS) is 22.5. The second-order valence-electron chi connectivity index (χ2n) is 6.97. The van der Waals surface area contributed by atoms with Gasteiger partial charge in [0.2, 0.25) is 0 Å². The van der Waals surface area contributed by atoms with Gasteiger partial charge in [-0.2, -0.15) is 0 Å². The van der Waals surface area contributed by atoms with Crippen LogP contribution < -0.4 is 4.74 Å². The Hall–Kier alpha value is -1.95. The number of urea groups is 1. The van der Waals surface area contributed by atoms with Gasteiger partial charge in [-0.1, -0.05) is 17.7 Å². The highest BCUT2D eigenvalue weighted by atomic mass is 35.5. The fraction of sp³-hybridized carbons (Fsp3) is 0.556. The fourth-order valence-electron chi connectivity index (χ4n) is 3.61. The predicted molar refractivity (Wildman–Crippen MR) is 95.8 cm³/mol. The third kappa shape index (κ3) is 4.18. The number of rotatable bonds is 3. The Bertz CT molecular complexity index is 652. The highest BCUT2D eigenvalue weighted by Gasteiger charge is 2.38. The van der Waals surface area contributed by atoms with E-state index >= 15 is 0 Å². The quantitative estimate of drug-likeness (QED) is 0.826. The van der Waals surface area contributed by atoms with Crippen molar-refractivity contribution in [2.75, 3.05) is 40.3 Å². The molecular formula is C18H24ClN3O3. The number of carbonyl (C=O) groups excluding carboxylic acids is 2. The molecule has 0 unspecified atom stereocenters. The molecule has 0 spiro atoms. The molecule has 3 heterocycles. The Morgan fingerprint density at radius 2 is 2.04 bits per heavy atom. The molecule has 6 nitrogen and oxygen atoms in total. The van der Waals surface area contributed by atoms with Crippen LogP contribution in [0, 0.1) is 5.92 Å². The largest absolute Gasteiger partial charge is 0.484 e. The van der Waals surface area contributed by atoms with Gasteiger partial charge in [0, 0.05) is 44.8 Å². The van der Waals surface area contributed by atoms with E-state index in [0.717, 1.165) is 12.8 Å². The summed E-state index contributed by atoms with van der Waals surface area (Å²) in [7, 11) is 3.52. The topological polar surface area (TPSA) is 53.1 Å². The van der Waals surface area contributed by atoms with E-state index in [9.17, 15) is 9.59 Å². The summed E-state index contributed by atoms with van der Waals surface area (Å²) in [5.41, 5.74) is 0. The second-order valence-corrected chi connectivity index (χ2v) is 7.41. The number of benzene rings is 1. The maximum Gasteiger partial charge on any atom is 0.319 e. The molecule has 7 heteroatoms. The molecule has 1 aromatic rings. The van der Waals surface area contributed by atoms with Gasteiger partial charge in [-0.25, -0.2) is 4.79 Å². The molecule has 2 atom stereocenters. The summed E-state index contributed by atoms with van der Waals surface area (Å²) < 4.78 is 5.60. The molecule has 3 aliphatic heterocycles. The Morgan fingerprint density at radius 1 is 1.24 bits per heavy atom. The van der Waals surface area contributed by atoms with E-state index in [4.69, 9.17) is 16.3 Å². The summed E-state index contributed by atoms with van der Waals surface area (Å²) in [6.07, 6.45) is 1.99. The van der Waals surface area contributed by atoms with Crippen molar-refractivity contribution in [3.05, 3.63) is 29.3 Å². The summed E-state index contributed by atoms with van der Waals surface area (Å²) in [4.78, 5) is 30.3. The number of piperidine rings is 1. The zero-order valence-corrected chi connectivity index (χ0v) is 15.4. The molecule has 2 bridgehead atoms. The van der Waals surface area contributed by atoms with Crippen LogP contribution in [0.2, 0.25) is 5.02 Å². The first-order valence-electron chi connectivity index (χ1n) is 8.58. The predicted octanol–water partition coefficient (Wildman–Crippen LogP) is 2.32. The number of hydrogen-bond acceptors (Lipinski definition) is 3. The molecule has 3 amide bonds. The minimum atomic E-state index is -0.0335. The van der Waals surface area contributed by atoms with Crippen molar-refractivity contribution in [1.29, 1.82) is 0 Å². The lowest BCUT2D eigenvalue weighted by Crippen LogP contribution is -2.49. The van der Waals surface area contributed by atoms with Gasteiger partial charge in [0.1, 0.15) is 5.75 Å². The van der Waals surface area contributed by atoms with Gasteiger partial charge in [-0.15, -0.1) is 0 Å². The van der Waals surface area contributed by atoms with Crippen LogP contribution in [0.3, 0.4) is 0 Å². The number of nitrogens with zero attached hydrogens (tertiary/aromatic N) is 3. The number of carbonyl (C=O) groups is 2. The van der Waals surface area contributed by atoms with E-state index in [1.807, 2.05) is 9.80 Å². The van der Waals surface area contributed by atoms with Crippen LogP contribution in [-0.2, 0) is 4.79 Å². The van der Waals surface area contributed by atoms with Gasteiger partial charge in [-0.05, 0) is 37.0 Å². The number of halogens is 1. The van der Waals surface area contributed by atoms with Crippen molar-refractivity contribution in [2.45, 2.75) is 18.9 Å². The molecule has 0 aromatic heterocycles. The highest BCUT2D eigenvalue weighted by Crippen LogP contribution is 2.28. The third-order valence-electron chi connectivity index (χ3n) is 4.85. The van der Waals surface area contributed by atoms with Crippen LogP contribution in [0.25, 0.3) is 0 Å². The Kier molecular flexibility index (Phi) is 5.37. The summed E-state index contributed by atoms with van der Waals surface area (Å²) in [6.45, 7) is 1.99. The van der Waals surface area contributed by atoms with Gasteiger partial charge < -0.3 is 19.4 Å². The summed E-state index contributed by atoms with van der Waals surface area (Å²) >= 11 is 5.94. The average molecular weight is 366 g/mol. The first-order chi connectivity index (χ1) is 11.9. The van der Waals surface area contributed by atoms with Crippen LogP contribution in [0.5, 0.6) is 5.75 Å². The lowest BCUT2D eigenvalue weighted by atomic mass is 9.95. The molecule has 0 radical (unpaired) electrons. The number of ether oxygens (including phenoxy) is 1. The van der Waals surface area contributed by atoms with Crippen molar-refractivity contribution in [3.8, 4) is 5.75 Å². The number of hydrogen-bond donors (Lipinski definition) is 0. The molecule has 3 aliphatic rings. The number of fused-ring (bicyclic) bond motifs is 4. The Morgan fingerprint density at radius 3 is 2.76 bits per heavy atom. The highest BCUT2D eigenvalue weighted by molar-refractivity contribution is 6.30. The molecule has 1 aromatic carbocycles. The van der Waals surface area contributed by atoms with Crippen molar-refractivity contribution < 1.29 is 14.3 Å². The zero-order valence-electron chi connectivity index (χ0n) is 14.7. The van der Waals surface area contributed by atoms with E-state index in [1.54, 1.807) is 43.3 Å². The maximum atomic E-state index is 12.7. The smallest absolute Gasteiger partial charge is 0.319 e. The molecule has 4 rings (SSSR count). The minimum Gasteiger partial charge on any atom is -0.484 e. The van der Waals surface area contributed by atoms with E-state index in [-0.39, 0.29) is 24.6 Å². The van der Waals surface area contributed by atoms with Crippen molar-refractivity contribution in [3.63, 3.8) is 0 Å². The SMILES string of the molecule is CN(C)C(=O)N1C[C@H]2CC[C@@H](C1)N(C(=O)COc1cccc(Cl)c1)C2. The monoisotopic (exact) mass is 365 g/mol. The van der Waals surface area contributed by atoms with Gasteiger partial charge in [-0.3, -0.25) is 4.79 Å². The van der Waals surface area contributed by atoms with Crippen LogP contribution in [-0.4, -0.2) is 73.0 Å². The van der Waals surface area contributed by atoms with Gasteiger partial charge in [0.25, 0.3) is 5.91 Å². The summed E-state index contributed by atoms with van der Waals surface area (Å²) in [5.74, 6) is 0.886. The second kappa shape index (κ2) is 7.52. The first kappa shape index (κ1) is 17.9. The fourth-order valence-corrected chi connectivity index (χ4v) is 3.79. The summed E-state index contributed by atoms with van der Waals surface area (Å²) in [6, 6.07) is 7.12. The molecule has 3 fully saturated rings. The van der Waals surface area contributed by atoms with Crippen molar-refractivity contribution >= 4 is 23.5 Å². The van der Waals surface area contributed by atoms with Gasteiger partial charge >= 0.3 is 6.03 Å². The lowest BCUT2D eigenvalue weighted by Gasteiger charge is -2.36. The molecule has 136 valence electrons. The first-order valence-corrected chi connectivity index (χ1v) is 8.96. The lowest BCUT2D eigenvalue weighted by molar-refractivity contribution is -0.137. The molecule has 0 aliphatic carbocycles. The van der Waals surface area contributed by atoms with E-state index in [2.05, 4.69) is 0 Å². The van der Waals surface area contributed by atoms with Gasteiger partial charge in [0.15, 0.2) is 6.61 Å². The Balaban J connectivity index is 1.63. The summed E-state index contributed by atoms with van der Waals surface area (Å²) in [5, 5.41) is 0.580. The van der Waals surface area contributed by atoms with Crippen LogP contribution in [0.15, 0.2) is 24.3 Å². The molecular weight excluding hydrogens is 342 g/mol.